The summed E-state index contributed by atoms with van der Waals surface area (Å²) < 4.78 is 33.0. The number of hydrogen-bond donors (Lipinski definition) is 1. The fourth-order valence-corrected chi connectivity index (χ4v) is 4.92. The molecule has 1 heterocycles. The molecule has 1 aromatic rings. The second kappa shape index (κ2) is 10.2. The molecule has 1 N–H and O–H groups in total. The SMILES string of the molecule is CCc1ccc(C(=O)N(CC)CC(=O)NC(C)C)cc1S(=O)(=O)N1CCOCC1. The van der Waals surface area contributed by atoms with E-state index in [1.165, 1.54) is 15.3 Å². The van der Waals surface area contributed by atoms with E-state index in [4.69, 9.17) is 4.74 Å². The number of carbonyl (C=O) groups is 2. The van der Waals surface area contributed by atoms with Crippen LogP contribution in [0.4, 0.5) is 0 Å². The predicted octanol–water partition coefficient (Wildman–Crippen LogP) is 1.26. The highest BCUT2D eigenvalue weighted by Gasteiger charge is 2.29. The van der Waals surface area contributed by atoms with Crippen molar-refractivity contribution in [3.8, 4) is 0 Å². The fourth-order valence-electron chi connectivity index (χ4n) is 3.20. The summed E-state index contributed by atoms with van der Waals surface area (Å²) in [4.78, 5) is 26.6. The first-order valence-corrected chi connectivity index (χ1v) is 11.4. The Hall–Kier alpha value is -1.97. The Balaban J connectivity index is 2.33. The third-order valence-corrected chi connectivity index (χ3v) is 6.72. The molecule has 1 saturated heterocycles. The van der Waals surface area contributed by atoms with Crippen LogP contribution in [0, 0.1) is 0 Å². The number of ether oxygens (including phenoxy) is 1. The van der Waals surface area contributed by atoms with E-state index in [0.29, 0.717) is 44.8 Å². The number of nitrogens with zero attached hydrogens (tertiary/aromatic N) is 2. The van der Waals surface area contributed by atoms with Crippen molar-refractivity contribution in [2.75, 3.05) is 39.4 Å². The molecule has 8 nitrogen and oxygen atoms in total. The van der Waals surface area contributed by atoms with E-state index in [9.17, 15) is 18.0 Å². The minimum absolute atomic E-state index is 0.0228. The zero-order chi connectivity index (χ0) is 21.6. The summed E-state index contributed by atoms with van der Waals surface area (Å²) in [7, 11) is -3.73. The van der Waals surface area contributed by atoms with Crippen LogP contribution in [0.5, 0.6) is 0 Å². The zero-order valence-corrected chi connectivity index (χ0v) is 18.4. The summed E-state index contributed by atoms with van der Waals surface area (Å²) in [5.41, 5.74) is 0.918. The van der Waals surface area contributed by atoms with Crippen molar-refractivity contribution in [3.63, 3.8) is 0 Å². The van der Waals surface area contributed by atoms with Gasteiger partial charge in [-0.3, -0.25) is 9.59 Å². The zero-order valence-electron chi connectivity index (χ0n) is 17.6. The molecule has 1 aromatic carbocycles. The third kappa shape index (κ3) is 5.77. The first kappa shape index (κ1) is 23.3. The summed E-state index contributed by atoms with van der Waals surface area (Å²) in [5, 5.41) is 2.76. The van der Waals surface area contributed by atoms with Gasteiger partial charge in [0, 0.05) is 31.2 Å². The van der Waals surface area contributed by atoms with Crippen LogP contribution in [0.3, 0.4) is 0 Å². The summed E-state index contributed by atoms with van der Waals surface area (Å²) in [6, 6.07) is 4.73. The van der Waals surface area contributed by atoms with E-state index in [2.05, 4.69) is 5.32 Å². The average molecular weight is 426 g/mol. The highest BCUT2D eigenvalue weighted by molar-refractivity contribution is 7.89. The molecule has 29 heavy (non-hydrogen) atoms. The molecule has 1 fully saturated rings. The normalized spacial score (nSPS) is 15.3. The lowest BCUT2D eigenvalue weighted by Crippen LogP contribution is -2.43. The molecule has 2 rings (SSSR count). The van der Waals surface area contributed by atoms with E-state index >= 15 is 0 Å². The van der Waals surface area contributed by atoms with E-state index in [1.807, 2.05) is 20.8 Å². The monoisotopic (exact) mass is 425 g/mol. The Morgan fingerprint density at radius 1 is 1.21 bits per heavy atom. The minimum Gasteiger partial charge on any atom is -0.379 e. The number of sulfonamides is 1. The Kier molecular flexibility index (Phi) is 8.18. The molecule has 0 atom stereocenters. The average Bonchev–Trinajstić information content (AvgIpc) is 2.71. The molecule has 0 spiro atoms. The highest BCUT2D eigenvalue weighted by atomic mass is 32.2. The van der Waals surface area contributed by atoms with Gasteiger partial charge in [-0.05, 0) is 44.9 Å². The van der Waals surface area contributed by atoms with E-state index < -0.39 is 10.0 Å². The molecule has 0 aliphatic carbocycles. The van der Waals surface area contributed by atoms with Crippen LogP contribution in [0.25, 0.3) is 0 Å². The van der Waals surface area contributed by atoms with Gasteiger partial charge >= 0.3 is 0 Å². The first-order chi connectivity index (χ1) is 13.7. The number of likely N-dealkylation sites (N-methyl/N-ethyl adjacent to an activating group) is 1. The fraction of sp³-hybridized carbons (Fsp3) is 0.600. The maximum absolute atomic E-state index is 13.2. The number of rotatable bonds is 8. The van der Waals surface area contributed by atoms with Gasteiger partial charge in [-0.15, -0.1) is 0 Å². The highest BCUT2D eigenvalue weighted by Crippen LogP contribution is 2.24. The molecule has 0 unspecified atom stereocenters. The molecular formula is C20H31N3O5S. The summed E-state index contributed by atoms with van der Waals surface area (Å²) in [5.74, 6) is -0.617. The van der Waals surface area contributed by atoms with Crippen molar-refractivity contribution >= 4 is 21.8 Å². The quantitative estimate of drug-likeness (QED) is 0.676. The van der Waals surface area contributed by atoms with Crippen LogP contribution in [0.15, 0.2) is 23.1 Å². The number of nitrogens with one attached hydrogen (secondary N) is 1. The maximum atomic E-state index is 13.2. The Morgan fingerprint density at radius 2 is 1.86 bits per heavy atom. The van der Waals surface area contributed by atoms with Crippen molar-refractivity contribution in [2.45, 2.75) is 45.1 Å². The van der Waals surface area contributed by atoms with Gasteiger partial charge in [0.15, 0.2) is 0 Å². The standard InChI is InChI=1S/C20H31N3O5S/c1-5-16-7-8-17(20(25)22(6-2)14-19(24)21-15(3)4)13-18(16)29(26,27)23-9-11-28-12-10-23/h7-8,13,15H,5-6,9-12,14H2,1-4H3,(H,21,24). The second-order valence-corrected chi connectivity index (χ2v) is 9.14. The Morgan fingerprint density at radius 3 is 2.41 bits per heavy atom. The van der Waals surface area contributed by atoms with Gasteiger partial charge in [-0.1, -0.05) is 13.0 Å². The maximum Gasteiger partial charge on any atom is 0.254 e. The minimum atomic E-state index is -3.73. The van der Waals surface area contributed by atoms with Crippen LogP contribution < -0.4 is 5.32 Å². The third-order valence-electron chi connectivity index (χ3n) is 4.74. The van der Waals surface area contributed by atoms with Crippen molar-refractivity contribution in [1.82, 2.24) is 14.5 Å². The van der Waals surface area contributed by atoms with Crippen LogP contribution in [-0.2, 0) is 26.0 Å². The van der Waals surface area contributed by atoms with Crippen LogP contribution >= 0.6 is 0 Å². The molecular weight excluding hydrogens is 394 g/mol. The number of carbonyl (C=O) groups excluding carboxylic acids is 2. The second-order valence-electron chi connectivity index (χ2n) is 7.23. The van der Waals surface area contributed by atoms with Gasteiger partial charge < -0.3 is 15.0 Å². The van der Waals surface area contributed by atoms with Crippen molar-refractivity contribution < 1.29 is 22.7 Å². The van der Waals surface area contributed by atoms with Gasteiger partial charge in [-0.2, -0.15) is 4.31 Å². The van der Waals surface area contributed by atoms with Crippen LogP contribution in [0.1, 0.15) is 43.6 Å². The number of morpholine rings is 1. The van der Waals surface area contributed by atoms with E-state index in [-0.39, 0.29) is 34.9 Å². The number of hydrogen-bond acceptors (Lipinski definition) is 5. The number of benzene rings is 1. The van der Waals surface area contributed by atoms with Gasteiger partial charge in [-0.25, -0.2) is 8.42 Å². The molecule has 0 radical (unpaired) electrons. The van der Waals surface area contributed by atoms with Crippen molar-refractivity contribution in [1.29, 1.82) is 0 Å². The lowest BCUT2D eigenvalue weighted by Gasteiger charge is -2.27. The smallest absolute Gasteiger partial charge is 0.254 e. The molecule has 2 amide bonds. The van der Waals surface area contributed by atoms with Crippen molar-refractivity contribution in [3.05, 3.63) is 29.3 Å². The molecule has 9 heteroatoms. The molecule has 0 saturated carbocycles. The molecule has 0 bridgehead atoms. The summed E-state index contributed by atoms with van der Waals surface area (Å²) in [6.07, 6.45) is 0.529. The summed E-state index contributed by atoms with van der Waals surface area (Å²) in [6.45, 7) is 8.92. The number of aryl methyl sites for hydroxylation is 1. The van der Waals surface area contributed by atoms with Gasteiger partial charge in [0.25, 0.3) is 5.91 Å². The molecule has 1 aliphatic rings. The molecule has 162 valence electrons. The first-order valence-electron chi connectivity index (χ1n) is 10.00. The van der Waals surface area contributed by atoms with Gasteiger partial charge in [0.05, 0.1) is 24.7 Å². The number of amides is 2. The van der Waals surface area contributed by atoms with E-state index in [1.54, 1.807) is 19.1 Å². The Labute approximate surface area is 173 Å². The predicted molar refractivity (Wildman–Crippen MR) is 110 cm³/mol. The topological polar surface area (TPSA) is 96.0 Å². The molecule has 0 aromatic heterocycles. The Bertz CT molecular complexity index is 833. The lowest BCUT2D eigenvalue weighted by molar-refractivity contribution is -0.122. The van der Waals surface area contributed by atoms with Crippen LogP contribution in [0.2, 0.25) is 0 Å². The van der Waals surface area contributed by atoms with E-state index in [0.717, 1.165) is 0 Å². The lowest BCUT2D eigenvalue weighted by atomic mass is 10.1. The molecule has 1 aliphatic heterocycles. The largest absolute Gasteiger partial charge is 0.379 e. The summed E-state index contributed by atoms with van der Waals surface area (Å²) >= 11 is 0. The van der Waals surface area contributed by atoms with Gasteiger partial charge in [0.2, 0.25) is 15.9 Å². The van der Waals surface area contributed by atoms with Crippen molar-refractivity contribution in [2.24, 2.45) is 0 Å². The van der Waals surface area contributed by atoms with Crippen LogP contribution in [-0.4, -0.2) is 74.9 Å². The van der Waals surface area contributed by atoms with Gasteiger partial charge in [0.1, 0.15) is 0 Å².